The predicted octanol–water partition coefficient (Wildman–Crippen LogP) is 4.86. The molecular formula is C30H22N4O4. The number of carbonyl (C=O) groups is 3. The molecule has 8 nitrogen and oxygen atoms in total. The van der Waals surface area contributed by atoms with E-state index in [-0.39, 0.29) is 16.8 Å². The molecule has 0 bridgehead atoms. The average Bonchev–Trinajstić information content (AvgIpc) is 2.96. The van der Waals surface area contributed by atoms with Crippen molar-refractivity contribution in [1.82, 2.24) is 9.97 Å². The molecule has 0 radical (unpaired) electrons. The van der Waals surface area contributed by atoms with Gasteiger partial charge in [0.05, 0.1) is 39.2 Å². The van der Waals surface area contributed by atoms with E-state index in [9.17, 15) is 14.4 Å². The Morgan fingerprint density at radius 3 is 1.92 bits per heavy atom. The summed E-state index contributed by atoms with van der Waals surface area (Å²) in [5, 5.41) is 2.54. The number of primary amides is 1. The fourth-order valence-corrected chi connectivity index (χ4v) is 3.98. The minimum Gasteiger partial charge on any atom is -0.452 e. The highest BCUT2D eigenvalue weighted by Gasteiger charge is 2.17. The second-order valence-corrected chi connectivity index (χ2v) is 8.39. The number of esters is 1. The minimum atomic E-state index is -0.694. The van der Waals surface area contributed by atoms with Crippen LogP contribution < -0.4 is 11.1 Å². The molecule has 38 heavy (non-hydrogen) atoms. The van der Waals surface area contributed by atoms with Crippen molar-refractivity contribution >= 4 is 34.5 Å². The molecule has 0 spiro atoms. The van der Waals surface area contributed by atoms with E-state index < -0.39 is 24.4 Å². The largest absolute Gasteiger partial charge is 0.452 e. The monoisotopic (exact) mass is 502 g/mol. The Kier molecular flexibility index (Phi) is 6.86. The second kappa shape index (κ2) is 10.7. The molecule has 186 valence electrons. The molecule has 1 heterocycles. The molecule has 5 rings (SSSR count). The summed E-state index contributed by atoms with van der Waals surface area (Å²) in [5.74, 6) is -1.98. The standard InChI is InChI=1S/C30H22N4O4/c31-29(36)22-13-7-8-14-23(22)32-26(35)18-38-30(37)21-15-16-24-25(17-21)34-28(20-11-5-2-6-12-20)27(33-24)19-9-3-1-4-10-19/h1-17H,18H2,(H2,31,36)(H,32,35). The summed E-state index contributed by atoms with van der Waals surface area (Å²) in [6, 6.07) is 30.6. The number of para-hydroxylation sites is 1. The normalized spacial score (nSPS) is 10.6. The quantitative estimate of drug-likeness (QED) is 0.306. The van der Waals surface area contributed by atoms with Gasteiger partial charge in [0.1, 0.15) is 0 Å². The van der Waals surface area contributed by atoms with Gasteiger partial charge in [-0.2, -0.15) is 0 Å². The fourth-order valence-electron chi connectivity index (χ4n) is 3.98. The van der Waals surface area contributed by atoms with E-state index in [0.717, 1.165) is 16.8 Å². The number of amides is 2. The van der Waals surface area contributed by atoms with E-state index in [2.05, 4.69) is 5.32 Å². The lowest BCUT2D eigenvalue weighted by molar-refractivity contribution is -0.119. The van der Waals surface area contributed by atoms with Crippen LogP contribution in [0.1, 0.15) is 20.7 Å². The van der Waals surface area contributed by atoms with Crippen molar-refractivity contribution in [2.24, 2.45) is 5.73 Å². The maximum absolute atomic E-state index is 12.7. The number of hydrogen-bond donors (Lipinski definition) is 2. The number of rotatable bonds is 7. The Labute approximate surface area is 218 Å². The maximum atomic E-state index is 12.7. The molecule has 5 aromatic rings. The lowest BCUT2D eigenvalue weighted by Crippen LogP contribution is -2.23. The zero-order chi connectivity index (χ0) is 26.5. The summed E-state index contributed by atoms with van der Waals surface area (Å²) in [7, 11) is 0. The van der Waals surface area contributed by atoms with Crippen molar-refractivity contribution in [3.05, 3.63) is 114 Å². The zero-order valence-corrected chi connectivity index (χ0v) is 20.1. The van der Waals surface area contributed by atoms with E-state index >= 15 is 0 Å². The predicted molar refractivity (Wildman–Crippen MR) is 144 cm³/mol. The van der Waals surface area contributed by atoms with Crippen LogP contribution in [0.2, 0.25) is 0 Å². The molecule has 0 aliphatic heterocycles. The van der Waals surface area contributed by atoms with Crippen LogP contribution >= 0.6 is 0 Å². The Hall–Kier alpha value is -5.37. The van der Waals surface area contributed by atoms with Gasteiger partial charge in [-0.3, -0.25) is 9.59 Å². The van der Waals surface area contributed by atoms with E-state index in [0.29, 0.717) is 16.7 Å². The smallest absolute Gasteiger partial charge is 0.338 e. The van der Waals surface area contributed by atoms with Gasteiger partial charge in [-0.05, 0) is 30.3 Å². The summed E-state index contributed by atoms with van der Waals surface area (Å²) >= 11 is 0. The molecule has 0 saturated carbocycles. The van der Waals surface area contributed by atoms with Gasteiger partial charge >= 0.3 is 5.97 Å². The number of fused-ring (bicyclic) bond motifs is 1. The lowest BCUT2D eigenvalue weighted by atomic mass is 10.0. The summed E-state index contributed by atoms with van der Waals surface area (Å²) in [6.45, 7) is -0.544. The van der Waals surface area contributed by atoms with Gasteiger partial charge < -0.3 is 15.8 Å². The van der Waals surface area contributed by atoms with Crippen LogP contribution in [-0.2, 0) is 9.53 Å². The summed E-state index contributed by atoms with van der Waals surface area (Å²) in [4.78, 5) is 46.3. The van der Waals surface area contributed by atoms with E-state index in [1.54, 1.807) is 30.3 Å². The first-order chi connectivity index (χ1) is 18.5. The molecule has 0 saturated heterocycles. The number of nitrogens with two attached hydrogens (primary N) is 1. The number of ether oxygens (including phenoxy) is 1. The van der Waals surface area contributed by atoms with E-state index in [1.807, 2.05) is 60.7 Å². The van der Waals surface area contributed by atoms with Gasteiger partial charge in [0.2, 0.25) is 0 Å². The molecule has 0 aliphatic carbocycles. The molecule has 0 unspecified atom stereocenters. The first kappa shape index (κ1) is 24.3. The van der Waals surface area contributed by atoms with Crippen LogP contribution in [0, 0.1) is 0 Å². The van der Waals surface area contributed by atoms with Crippen molar-refractivity contribution in [2.75, 3.05) is 11.9 Å². The van der Waals surface area contributed by atoms with Gasteiger partial charge in [-0.1, -0.05) is 72.8 Å². The maximum Gasteiger partial charge on any atom is 0.338 e. The molecule has 0 aliphatic rings. The molecule has 8 heteroatoms. The number of aromatic nitrogens is 2. The second-order valence-electron chi connectivity index (χ2n) is 8.39. The van der Waals surface area contributed by atoms with Gasteiger partial charge in [-0.15, -0.1) is 0 Å². The van der Waals surface area contributed by atoms with Gasteiger partial charge in [-0.25, -0.2) is 14.8 Å². The topological polar surface area (TPSA) is 124 Å². The summed E-state index contributed by atoms with van der Waals surface area (Å²) in [6.07, 6.45) is 0. The number of nitrogens with zero attached hydrogens (tertiary/aromatic N) is 2. The SMILES string of the molecule is NC(=O)c1ccccc1NC(=O)COC(=O)c1ccc2nc(-c3ccccc3)c(-c3ccccc3)nc2c1. The summed E-state index contributed by atoms with van der Waals surface area (Å²) < 4.78 is 5.20. The van der Waals surface area contributed by atoms with Gasteiger partial charge in [0.25, 0.3) is 11.8 Å². The van der Waals surface area contributed by atoms with Crippen molar-refractivity contribution in [3.63, 3.8) is 0 Å². The third-order valence-corrected chi connectivity index (χ3v) is 5.80. The molecule has 1 aromatic heterocycles. The van der Waals surface area contributed by atoms with Gasteiger partial charge in [0.15, 0.2) is 6.61 Å². The van der Waals surface area contributed by atoms with Crippen molar-refractivity contribution in [2.45, 2.75) is 0 Å². The van der Waals surface area contributed by atoms with E-state index in [4.69, 9.17) is 20.4 Å². The third-order valence-electron chi connectivity index (χ3n) is 5.80. The third kappa shape index (κ3) is 5.24. The van der Waals surface area contributed by atoms with E-state index in [1.165, 1.54) is 12.1 Å². The van der Waals surface area contributed by atoms with Crippen LogP contribution in [0.4, 0.5) is 5.69 Å². The highest BCUT2D eigenvalue weighted by atomic mass is 16.5. The van der Waals surface area contributed by atoms with Gasteiger partial charge in [0, 0.05) is 11.1 Å². The van der Waals surface area contributed by atoms with Crippen LogP contribution in [0.3, 0.4) is 0 Å². The Morgan fingerprint density at radius 1 is 0.711 bits per heavy atom. The van der Waals surface area contributed by atoms with Crippen LogP contribution in [0.25, 0.3) is 33.5 Å². The average molecular weight is 503 g/mol. The van der Waals surface area contributed by atoms with Crippen molar-refractivity contribution < 1.29 is 19.1 Å². The number of hydrogen-bond acceptors (Lipinski definition) is 6. The molecule has 3 N–H and O–H groups in total. The number of nitrogens with one attached hydrogen (secondary N) is 1. The Balaban J connectivity index is 1.39. The number of benzene rings is 4. The number of anilines is 1. The molecule has 0 atom stereocenters. The number of carbonyl (C=O) groups excluding carboxylic acids is 3. The van der Waals surface area contributed by atoms with Crippen LogP contribution in [0.15, 0.2) is 103 Å². The molecule has 2 amide bonds. The highest BCUT2D eigenvalue weighted by Crippen LogP contribution is 2.31. The molecule has 0 fully saturated rings. The van der Waals surface area contributed by atoms with Crippen LogP contribution in [0.5, 0.6) is 0 Å². The first-order valence-electron chi connectivity index (χ1n) is 11.8. The van der Waals surface area contributed by atoms with Crippen molar-refractivity contribution in [1.29, 1.82) is 0 Å². The summed E-state index contributed by atoms with van der Waals surface area (Å²) in [5.41, 5.74) is 10.3. The molecule has 4 aromatic carbocycles. The zero-order valence-electron chi connectivity index (χ0n) is 20.1. The Morgan fingerprint density at radius 2 is 1.29 bits per heavy atom. The minimum absolute atomic E-state index is 0.157. The highest BCUT2D eigenvalue weighted by molar-refractivity contribution is 6.04. The fraction of sp³-hybridized carbons (Fsp3) is 0.0333. The van der Waals surface area contributed by atoms with Crippen molar-refractivity contribution in [3.8, 4) is 22.5 Å². The lowest BCUT2D eigenvalue weighted by Gasteiger charge is -2.12. The molecular weight excluding hydrogens is 480 g/mol. The Bertz CT molecular complexity index is 1650. The van der Waals surface area contributed by atoms with Crippen LogP contribution in [-0.4, -0.2) is 34.4 Å². The first-order valence-corrected chi connectivity index (χ1v) is 11.8.